The number of hydrogen-bond donors (Lipinski definition) is 0. The van der Waals surface area contributed by atoms with Crippen LogP contribution in [0.25, 0.3) is 77.9 Å². The first-order valence-electron chi connectivity index (χ1n) is 23.2. The van der Waals surface area contributed by atoms with Gasteiger partial charge in [-0.05, 0) is 129 Å². The Morgan fingerprint density at radius 1 is 0.538 bits per heavy atom. The van der Waals surface area contributed by atoms with Gasteiger partial charge >= 0.3 is 167 Å². The quantitative estimate of drug-likeness (QED) is 0.100. The molecule has 0 radical (unpaired) electrons. The molecule has 0 fully saturated rings. The molecular formula is C63H50B2. The Kier molecular flexibility index (Phi) is 10.6. The Morgan fingerprint density at radius 2 is 1.14 bits per heavy atom. The monoisotopic (exact) mass is 828 g/mol. The summed E-state index contributed by atoms with van der Waals surface area (Å²) in [6, 6.07) is 62.5. The van der Waals surface area contributed by atoms with Crippen LogP contribution in [-0.2, 0) is 6.42 Å². The predicted octanol–water partition coefficient (Wildman–Crippen LogP) is 13.8. The molecule has 1 aliphatic carbocycles. The number of hydrogen-bond acceptors (Lipinski definition) is 0. The molecule has 0 unspecified atom stereocenters. The van der Waals surface area contributed by atoms with E-state index < -0.39 is 0 Å². The molecule has 0 bridgehead atoms. The fourth-order valence-corrected chi connectivity index (χ4v) is 10.6. The van der Waals surface area contributed by atoms with Gasteiger partial charge < -0.3 is 0 Å². The van der Waals surface area contributed by atoms with Crippen LogP contribution < -0.4 is 16.4 Å². The zero-order valence-corrected chi connectivity index (χ0v) is 37.5. The Balaban J connectivity index is 0.925. The van der Waals surface area contributed by atoms with Crippen LogP contribution in [0.2, 0.25) is 0 Å². The van der Waals surface area contributed by atoms with Crippen molar-refractivity contribution in [2.24, 2.45) is 0 Å². The summed E-state index contributed by atoms with van der Waals surface area (Å²) in [4.78, 5) is 0. The van der Waals surface area contributed by atoms with Crippen molar-refractivity contribution in [1.82, 2.24) is 0 Å². The molecular weight excluding hydrogens is 778 g/mol. The van der Waals surface area contributed by atoms with E-state index in [0.29, 0.717) is 0 Å². The van der Waals surface area contributed by atoms with Crippen LogP contribution in [0.4, 0.5) is 0 Å². The zero-order chi connectivity index (χ0) is 44.0. The minimum Gasteiger partial charge on any atom is -0.0586 e. The van der Waals surface area contributed by atoms with Crippen LogP contribution in [0.1, 0.15) is 53.1 Å². The molecule has 8 aromatic rings. The molecule has 2 heterocycles. The van der Waals surface area contributed by atoms with Crippen molar-refractivity contribution in [2.45, 2.75) is 40.0 Å². The number of rotatable bonds is 9. The van der Waals surface area contributed by atoms with Gasteiger partial charge in [0.25, 0.3) is 0 Å². The summed E-state index contributed by atoms with van der Waals surface area (Å²) in [5.74, 6) is 4.53. The molecule has 0 spiro atoms. The average Bonchev–Trinajstić information content (AvgIpc) is 3.89. The molecule has 0 aromatic heterocycles. The molecule has 0 nitrogen and oxygen atoms in total. The van der Waals surface area contributed by atoms with Gasteiger partial charge in [0.2, 0.25) is 0 Å². The van der Waals surface area contributed by atoms with E-state index >= 15 is 0 Å². The third-order valence-corrected chi connectivity index (χ3v) is 14.1. The van der Waals surface area contributed by atoms with Crippen molar-refractivity contribution < 1.29 is 0 Å². The second kappa shape index (κ2) is 17.0. The van der Waals surface area contributed by atoms with Crippen molar-refractivity contribution in [2.75, 3.05) is 0 Å². The Morgan fingerprint density at radius 3 is 1.86 bits per heavy atom. The van der Waals surface area contributed by atoms with Gasteiger partial charge in [0, 0.05) is 0 Å². The molecule has 0 saturated heterocycles. The van der Waals surface area contributed by atoms with Crippen molar-refractivity contribution in [3.63, 3.8) is 0 Å². The summed E-state index contributed by atoms with van der Waals surface area (Å²) in [6.07, 6.45) is 11.3. The first-order valence-corrected chi connectivity index (χ1v) is 23.2. The summed E-state index contributed by atoms with van der Waals surface area (Å²) < 4.78 is 0. The predicted molar refractivity (Wildman–Crippen MR) is 284 cm³/mol. The normalized spacial score (nSPS) is 13.6. The van der Waals surface area contributed by atoms with E-state index in [1.54, 1.807) is 0 Å². The van der Waals surface area contributed by atoms with Gasteiger partial charge in [0.15, 0.2) is 0 Å². The molecule has 0 atom stereocenters. The Hall–Kier alpha value is -7.28. The molecule has 0 saturated carbocycles. The molecule has 0 N–H and O–H groups in total. The van der Waals surface area contributed by atoms with Gasteiger partial charge in [0.05, 0.1) is 0 Å². The summed E-state index contributed by atoms with van der Waals surface area (Å²) in [6.45, 7) is 13.0. The van der Waals surface area contributed by atoms with Crippen LogP contribution >= 0.6 is 0 Å². The number of aryl methyl sites for hydroxylation is 2. The van der Waals surface area contributed by atoms with E-state index in [2.05, 4.69) is 215 Å². The fraction of sp³-hybridized carbons (Fsp3) is 0.0952. The van der Waals surface area contributed by atoms with E-state index in [1.807, 2.05) is 19.1 Å². The van der Waals surface area contributed by atoms with E-state index in [9.17, 15) is 0 Å². The molecule has 2 aliphatic heterocycles. The maximum absolute atomic E-state index is 4.08. The zero-order valence-electron chi connectivity index (χ0n) is 37.5. The molecule has 65 heavy (non-hydrogen) atoms. The van der Waals surface area contributed by atoms with Gasteiger partial charge in [-0.2, -0.15) is 0 Å². The van der Waals surface area contributed by atoms with Gasteiger partial charge in [-0.25, -0.2) is 0 Å². The van der Waals surface area contributed by atoms with Crippen LogP contribution in [0.15, 0.2) is 201 Å². The van der Waals surface area contributed by atoms with E-state index in [4.69, 9.17) is 0 Å². The van der Waals surface area contributed by atoms with E-state index in [1.165, 1.54) is 117 Å². The van der Waals surface area contributed by atoms with Crippen molar-refractivity contribution in [3.05, 3.63) is 234 Å². The van der Waals surface area contributed by atoms with Gasteiger partial charge in [0.1, 0.15) is 0 Å². The number of benzene rings is 8. The third-order valence-electron chi connectivity index (χ3n) is 14.1. The topological polar surface area (TPSA) is 0 Å². The number of fused-ring (bicyclic) bond motifs is 6. The van der Waals surface area contributed by atoms with Crippen LogP contribution in [0.5, 0.6) is 0 Å². The molecule has 8 aromatic carbocycles. The van der Waals surface area contributed by atoms with Crippen LogP contribution in [0.3, 0.4) is 0 Å². The second-order valence-corrected chi connectivity index (χ2v) is 18.0. The molecule has 11 rings (SSSR count). The van der Waals surface area contributed by atoms with Crippen molar-refractivity contribution in [1.29, 1.82) is 0 Å². The van der Waals surface area contributed by atoms with Crippen molar-refractivity contribution in [3.8, 4) is 66.8 Å². The summed E-state index contributed by atoms with van der Waals surface area (Å²) in [5.41, 5.74) is 29.9. The Bertz CT molecular complexity index is 3350. The average molecular weight is 829 g/mol. The molecule has 308 valence electrons. The maximum atomic E-state index is 4.08. The minimum absolute atomic E-state index is 0.179. The standard InChI is InChI=1S/C63H50B2/c1-5-7-13-43(6-2)44-14-10-15-45(32-44)48-23-21-41(3)57(35-48)58-36-49(24-22-42(58)4)50-25-26-52-34-53-27-29-55(39-60(53)59(52)37-50)65-62-20-9-8-19-56(62)61-38-51(28-30-63(61)65)46-16-11-17-47(33-46)54-18-12-31-64-40-54/h5-11,13-17,19-33,35-40H,2,12,18,34H2,1,3-4H3/b7-5-,43-13+. The van der Waals surface area contributed by atoms with Gasteiger partial charge in [-0.15, -0.1) is 0 Å². The van der Waals surface area contributed by atoms with E-state index in [0.717, 1.165) is 30.4 Å². The van der Waals surface area contributed by atoms with Crippen molar-refractivity contribution >= 4 is 47.1 Å². The summed E-state index contributed by atoms with van der Waals surface area (Å²) in [7, 11) is 0. The smallest absolute Gasteiger partial charge is 0.0586 e. The van der Waals surface area contributed by atoms with Gasteiger partial charge in [-0.3, -0.25) is 0 Å². The second-order valence-electron chi connectivity index (χ2n) is 18.0. The molecule has 3 aliphatic rings. The van der Waals surface area contributed by atoms with E-state index in [-0.39, 0.29) is 6.71 Å². The number of allylic oxidation sites excluding steroid dienone is 6. The van der Waals surface area contributed by atoms with Crippen LogP contribution in [-0.4, -0.2) is 19.6 Å². The molecule has 2 heteroatoms. The first kappa shape index (κ1) is 40.5. The Labute approximate surface area is 386 Å². The third kappa shape index (κ3) is 7.48. The fourth-order valence-electron chi connectivity index (χ4n) is 10.6. The minimum atomic E-state index is 0.179. The van der Waals surface area contributed by atoms with Gasteiger partial charge in [-0.1, -0.05) is 91.5 Å². The first-order chi connectivity index (χ1) is 31.9. The summed E-state index contributed by atoms with van der Waals surface area (Å²) in [5, 5.41) is 0. The molecule has 0 amide bonds. The SMILES string of the molecule is C=C/C(=C\C=C/C)c1cccc(-c2ccc(C)c(-c3cc(-c4ccc5c(c4)-c4cc(B6c7ccccc7-c7cc(-c8cccc(C9=CB=CCC9)c8)ccc76)ccc4C5)ccc3C)c2)c1. The summed E-state index contributed by atoms with van der Waals surface area (Å²) >= 11 is 0. The van der Waals surface area contributed by atoms with Crippen LogP contribution in [0, 0.1) is 13.8 Å².